The zero-order chi connectivity index (χ0) is 18.8. The Labute approximate surface area is 158 Å². The van der Waals surface area contributed by atoms with Crippen LogP contribution in [0.1, 0.15) is 25.7 Å². The maximum atomic E-state index is 5.93. The number of hydrogen-bond acceptors (Lipinski definition) is 6. The van der Waals surface area contributed by atoms with Gasteiger partial charge in [-0.15, -0.1) is 0 Å². The highest BCUT2D eigenvalue weighted by atomic mass is 16.5. The minimum absolute atomic E-state index is 0.293. The van der Waals surface area contributed by atoms with Gasteiger partial charge in [-0.05, 0) is 48.2 Å². The summed E-state index contributed by atoms with van der Waals surface area (Å²) in [5, 5.41) is 4.54. The number of rotatable bonds is 5. The van der Waals surface area contributed by atoms with Crippen LogP contribution >= 0.6 is 0 Å². The molecular formula is C21H24N4O2. The molecule has 0 saturated heterocycles. The van der Waals surface area contributed by atoms with Gasteiger partial charge in [0.15, 0.2) is 11.5 Å². The van der Waals surface area contributed by atoms with Crippen LogP contribution in [0, 0.1) is 0 Å². The third-order valence-corrected chi connectivity index (χ3v) is 5.13. The Morgan fingerprint density at radius 3 is 2.37 bits per heavy atom. The maximum Gasteiger partial charge on any atom is 0.222 e. The van der Waals surface area contributed by atoms with Gasteiger partial charge in [0.2, 0.25) is 5.95 Å². The van der Waals surface area contributed by atoms with Crippen molar-refractivity contribution in [1.82, 2.24) is 9.97 Å². The molecule has 1 fully saturated rings. The minimum atomic E-state index is 0.293. The van der Waals surface area contributed by atoms with E-state index < -0.39 is 0 Å². The van der Waals surface area contributed by atoms with Gasteiger partial charge in [-0.3, -0.25) is 0 Å². The predicted octanol–water partition coefficient (Wildman–Crippen LogP) is 4.25. The van der Waals surface area contributed by atoms with Crippen LogP contribution in [-0.2, 0) is 0 Å². The van der Waals surface area contributed by atoms with E-state index in [4.69, 9.17) is 15.2 Å². The number of anilines is 2. The van der Waals surface area contributed by atoms with E-state index in [-0.39, 0.29) is 0 Å². The number of nitrogens with zero attached hydrogens (tertiary/aromatic N) is 2. The Balaban J connectivity index is 1.77. The van der Waals surface area contributed by atoms with Crippen molar-refractivity contribution in [3.8, 4) is 22.6 Å². The van der Waals surface area contributed by atoms with Crippen molar-refractivity contribution in [3.63, 3.8) is 0 Å². The zero-order valence-electron chi connectivity index (χ0n) is 15.7. The van der Waals surface area contributed by atoms with Crippen molar-refractivity contribution in [1.29, 1.82) is 0 Å². The first-order valence-corrected chi connectivity index (χ1v) is 9.24. The molecule has 1 heterocycles. The summed E-state index contributed by atoms with van der Waals surface area (Å²) < 4.78 is 10.8. The number of ether oxygens (including phenoxy) is 2. The highest BCUT2D eigenvalue weighted by Gasteiger charge is 2.17. The number of hydrogen-bond donors (Lipinski definition) is 2. The lowest BCUT2D eigenvalue weighted by atomic mass is 10.0. The summed E-state index contributed by atoms with van der Waals surface area (Å²) in [7, 11) is 3.28. The summed E-state index contributed by atoms with van der Waals surface area (Å²) in [6.45, 7) is 0. The summed E-state index contributed by atoms with van der Waals surface area (Å²) in [6, 6.07) is 12.5. The number of aromatic nitrogens is 2. The molecule has 1 aromatic heterocycles. The second-order valence-electron chi connectivity index (χ2n) is 6.86. The fourth-order valence-electron chi connectivity index (χ4n) is 3.72. The molecule has 0 unspecified atom stereocenters. The monoisotopic (exact) mass is 364 g/mol. The van der Waals surface area contributed by atoms with Crippen LogP contribution in [0.25, 0.3) is 22.0 Å². The highest BCUT2D eigenvalue weighted by Crippen LogP contribution is 2.34. The van der Waals surface area contributed by atoms with Crippen LogP contribution in [0.15, 0.2) is 36.4 Å². The number of benzene rings is 2. The van der Waals surface area contributed by atoms with Crippen LogP contribution in [0.2, 0.25) is 0 Å². The van der Waals surface area contributed by atoms with Gasteiger partial charge in [0, 0.05) is 11.4 Å². The molecule has 0 atom stereocenters. The molecule has 3 N–H and O–H groups in total. The standard InChI is InChI=1S/C21H24N4O2/c1-26-18-10-8-14(12-19(18)27-2)13-7-9-17-16(11-13)20(25-21(22)24-17)23-15-5-3-4-6-15/h7-12,15H,3-6H2,1-2H3,(H3,22,23,24,25). The molecule has 2 aromatic carbocycles. The fraction of sp³-hybridized carbons (Fsp3) is 0.333. The van der Waals surface area contributed by atoms with Crippen molar-refractivity contribution >= 4 is 22.7 Å². The number of nitrogens with one attached hydrogen (secondary N) is 1. The van der Waals surface area contributed by atoms with Crippen LogP contribution in [0.4, 0.5) is 11.8 Å². The minimum Gasteiger partial charge on any atom is -0.493 e. The normalized spacial score (nSPS) is 14.4. The fourth-order valence-corrected chi connectivity index (χ4v) is 3.72. The molecule has 3 aromatic rings. The molecule has 27 heavy (non-hydrogen) atoms. The van der Waals surface area contributed by atoms with Crippen LogP contribution in [-0.4, -0.2) is 30.2 Å². The van der Waals surface area contributed by atoms with E-state index in [1.807, 2.05) is 30.3 Å². The molecule has 140 valence electrons. The lowest BCUT2D eigenvalue weighted by molar-refractivity contribution is 0.355. The van der Waals surface area contributed by atoms with Gasteiger partial charge in [0.05, 0.1) is 19.7 Å². The van der Waals surface area contributed by atoms with Crippen LogP contribution in [0.5, 0.6) is 11.5 Å². The Morgan fingerprint density at radius 1 is 0.926 bits per heavy atom. The van der Waals surface area contributed by atoms with Gasteiger partial charge in [-0.25, -0.2) is 4.98 Å². The largest absolute Gasteiger partial charge is 0.493 e. The number of nitrogens with two attached hydrogens (primary N) is 1. The topological polar surface area (TPSA) is 82.3 Å². The smallest absolute Gasteiger partial charge is 0.222 e. The zero-order valence-corrected chi connectivity index (χ0v) is 15.7. The number of fused-ring (bicyclic) bond motifs is 1. The second kappa shape index (κ2) is 7.31. The third-order valence-electron chi connectivity index (χ3n) is 5.13. The first-order valence-electron chi connectivity index (χ1n) is 9.24. The van der Waals surface area contributed by atoms with Crippen molar-refractivity contribution in [2.45, 2.75) is 31.7 Å². The highest BCUT2D eigenvalue weighted by molar-refractivity contribution is 5.93. The number of nitrogen functional groups attached to an aromatic ring is 1. The van der Waals surface area contributed by atoms with Gasteiger partial charge in [-0.2, -0.15) is 4.98 Å². The summed E-state index contributed by atoms with van der Waals surface area (Å²) in [4.78, 5) is 8.86. The van der Waals surface area contributed by atoms with Gasteiger partial charge in [0.25, 0.3) is 0 Å². The molecule has 0 amide bonds. The molecule has 6 nitrogen and oxygen atoms in total. The van der Waals surface area contributed by atoms with Crippen LogP contribution in [0.3, 0.4) is 0 Å². The molecule has 1 aliphatic carbocycles. The Bertz CT molecular complexity index is 968. The van der Waals surface area contributed by atoms with Gasteiger partial charge < -0.3 is 20.5 Å². The molecule has 0 spiro atoms. The summed E-state index contributed by atoms with van der Waals surface area (Å²) in [6.07, 6.45) is 4.85. The first-order chi connectivity index (χ1) is 13.2. The van der Waals surface area contributed by atoms with E-state index >= 15 is 0 Å². The van der Waals surface area contributed by atoms with Crippen molar-refractivity contribution in [3.05, 3.63) is 36.4 Å². The molecular weight excluding hydrogens is 340 g/mol. The average molecular weight is 364 g/mol. The molecule has 0 radical (unpaired) electrons. The van der Waals surface area contributed by atoms with E-state index in [0.717, 1.165) is 27.8 Å². The van der Waals surface area contributed by atoms with Gasteiger partial charge in [0.1, 0.15) is 5.82 Å². The molecule has 1 aliphatic rings. The van der Waals surface area contributed by atoms with E-state index in [9.17, 15) is 0 Å². The first kappa shape index (κ1) is 17.4. The third kappa shape index (κ3) is 3.47. The number of methoxy groups -OCH3 is 2. The molecule has 1 saturated carbocycles. The Kier molecular flexibility index (Phi) is 4.71. The lowest BCUT2D eigenvalue weighted by Gasteiger charge is -2.16. The Morgan fingerprint density at radius 2 is 1.63 bits per heavy atom. The van der Waals surface area contributed by atoms with Crippen molar-refractivity contribution in [2.24, 2.45) is 0 Å². The maximum absolute atomic E-state index is 5.93. The van der Waals surface area contributed by atoms with Gasteiger partial charge in [-0.1, -0.05) is 25.0 Å². The molecule has 6 heteroatoms. The Hall–Kier alpha value is -3.02. The van der Waals surface area contributed by atoms with E-state index in [2.05, 4.69) is 21.4 Å². The SMILES string of the molecule is COc1ccc(-c2ccc3nc(N)nc(NC4CCCC4)c3c2)cc1OC. The quantitative estimate of drug-likeness (QED) is 0.704. The van der Waals surface area contributed by atoms with Crippen LogP contribution < -0.4 is 20.5 Å². The van der Waals surface area contributed by atoms with Crippen molar-refractivity contribution < 1.29 is 9.47 Å². The van der Waals surface area contributed by atoms with Crippen molar-refractivity contribution in [2.75, 3.05) is 25.3 Å². The summed E-state index contributed by atoms with van der Waals surface area (Å²) in [5.41, 5.74) is 8.87. The molecule has 4 rings (SSSR count). The van der Waals surface area contributed by atoms with E-state index in [0.29, 0.717) is 23.5 Å². The molecule has 0 aliphatic heterocycles. The van der Waals surface area contributed by atoms with E-state index in [1.165, 1.54) is 25.7 Å². The average Bonchev–Trinajstić information content (AvgIpc) is 3.20. The molecule has 0 bridgehead atoms. The summed E-state index contributed by atoms with van der Waals surface area (Å²) in [5.74, 6) is 2.52. The predicted molar refractivity (Wildman–Crippen MR) is 108 cm³/mol. The van der Waals surface area contributed by atoms with Gasteiger partial charge >= 0.3 is 0 Å². The van der Waals surface area contributed by atoms with E-state index in [1.54, 1.807) is 14.2 Å². The summed E-state index contributed by atoms with van der Waals surface area (Å²) >= 11 is 0. The second-order valence-corrected chi connectivity index (χ2v) is 6.86. The lowest BCUT2D eigenvalue weighted by Crippen LogP contribution is -2.16.